The van der Waals surface area contributed by atoms with Gasteiger partial charge in [0.15, 0.2) is 0 Å². The Kier molecular flexibility index (Phi) is 3.23. The van der Waals surface area contributed by atoms with Gasteiger partial charge >= 0.3 is 0 Å². The molecular weight excluding hydrogens is 260 g/mol. The van der Waals surface area contributed by atoms with E-state index in [-0.39, 0.29) is 0 Å². The molecule has 3 aromatic rings. The van der Waals surface area contributed by atoms with Crippen LogP contribution in [0.15, 0.2) is 42.5 Å². The van der Waals surface area contributed by atoms with Crippen molar-refractivity contribution in [1.82, 2.24) is 9.97 Å². The third kappa shape index (κ3) is 2.35. The molecule has 0 saturated carbocycles. The van der Waals surface area contributed by atoms with Gasteiger partial charge in [0.1, 0.15) is 11.3 Å². The van der Waals surface area contributed by atoms with Crippen molar-refractivity contribution in [3.63, 3.8) is 0 Å². The second-order valence-corrected chi connectivity index (χ2v) is 4.76. The minimum atomic E-state index is 0.592. The summed E-state index contributed by atoms with van der Waals surface area (Å²) in [7, 11) is 1.69. The molecule has 3 nitrogen and oxygen atoms in total. The van der Waals surface area contributed by atoms with Crippen LogP contribution in [0.3, 0.4) is 0 Å². The lowest BCUT2D eigenvalue weighted by atomic mass is 10.1. The summed E-state index contributed by atoms with van der Waals surface area (Å²) in [4.78, 5) is 7.84. The van der Waals surface area contributed by atoms with Crippen molar-refractivity contribution < 1.29 is 4.74 Å². The fraction of sp³-hybridized carbons (Fsp3) is 0.133. The molecule has 0 unspecified atom stereocenters. The smallest absolute Gasteiger partial charge is 0.138 e. The van der Waals surface area contributed by atoms with Gasteiger partial charge in [0, 0.05) is 12.7 Å². The molecule has 0 saturated heterocycles. The first-order chi connectivity index (χ1) is 9.28. The highest BCUT2D eigenvalue weighted by atomic mass is 35.5. The van der Waals surface area contributed by atoms with E-state index in [1.165, 1.54) is 0 Å². The van der Waals surface area contributed by atoms with E-state index in [1.54, 1.807) is 7.11 Å². The first kappa shape index (κ1) is 12.2. The summed E-state index contributed by atoms with van der Waals surface area (Å²) in [6.45, 7) is 0.592. The molecule has 1 aromatic heterocycles. The number of imidazole rings is 1. The minimum Gasteiger partial charge on any atom is -0.380 e. The van der Waals surface area contributed by atoms with Crippen molar-refractivity contribution in [2.24, 2.45) is 0 Å². The zero-order valence-electron chi connectivity index (χ0n) is 10.5. The number of aromatic amines is 1. The van der Waals surface area contributed by atoms with Crippen LogP contribution in [-0.2, 0) is 11.3 Å². The summed E-state index contributed by atoms with van der Waals surface area (Å²) in [6.07, 6.45) is 0. The molecule has 0 spiro atoms. The normalized spacial score (nSPS) is 11.1. The molecule has 4 heteroatoms. The van der Waals surface area contributed by atoms with Gasteiger partial charge in [-0.15, -0.1) is 0 Å². The number of halogens is 1. The Morgan fingerprint density at radius 2 is 2.05 bits per heavy atom. The number of nitrogens with zero attached hydrogens (tertiary/aromatic N) is 1. The number of para-hydroxylation sites is 1. The summed E-state index contributed by atoms with van der Waals surface area (Å²) < 4.78 is 5.15. The highest BCUT2D eigenvalue weighted by Gasteiger charge is 2.08. The lowest BCUT2D eigenvalue weighted by Crippen LogP contribution is -1.88. The maximum Gasteiger partial charge on any atom is 0.138 e. The average Bonchev–Trinajstić information content (AvgIpc) is 2.85. The molecular formula is C15H13ClN2O. The summed E-state index contributed by atoms with van der Waals surface area (Å²) in [5.41, 5.74) is 3.89. The summed E-state index contributed by atoms with van der Waals surface area (Å²) in [5.74, 6) is 0.820. The number of H-pyrrole nitrogens is 1. The van der Waals surface area contributed by atoms with Gasteiger partial charge < -0.3 is 9.72 Å². The maximum atomic E-state index is 6.14. The van der Waals surface area contributed by atoms with Crippen molar-refractivity contribution in [3.05, 3.63) is 53.1 Å². The predicted molar refractivity (Wildman–Crippen MR) is 77.3 cm³/mol. The molecule has 96 valence electrons. The minimum absolute atomic E-state index is 0.592. The van der Waals surface area contributed by atoms with Crippen LogP contribution >= 0.6 is 11.6 Å². The second-order valence-electron chi connectivity index (χ2n) is 4.35. The molecule has 0 bridgehead atoms. The zero-order chi connectivity index (χ0) is 13.2. The Labute approximate surface area is 116 Å². The highest BCUT2D eigenvalue weighted by molar-refractivity contribution is 6.34. The number of hydrogen-bond donors (Lipinski definition) is 1. The average molecular weight is 273 g/mol. The van der Waals surface area contributed by atoms with Gasteiger partial charge in [-0.3, -0.25) is 0 Å². The van der Waals surface area contributed by atoms with E-state index in [2.05, 4.69) is 16.0 Å². The standard InChI is InChI=1S/C15H13ClN2O/c1-19-9-10-4-2-5-11(8-10)15-17-13-7-3-6-12(16)14(13)18-15/h2-8H,9H2,1H3,(H,17,18). The van der Waals surface area contributed by atoms with E-state index in [0.717, 1.165) is 28.0 Å². The Hall–Kier alpha value is -1.84. The van der Waals surface area contributed by atoms with Crippen LogP contribution in [0.5, 0.6) is 0 Å². The first-order valence-corrected chi connectivity index (χ1v) is 6.38. The van der Waals surface area contributed by atoms with Crippen molar-refractivity contribution >= 4 is 22.6 Å². The predicted octanol–water partition coefficient (Wildman–Crippen LogP) is 4.03. The van der Waals surface area contributed by atoms with Crippen LogP contribution in [0.1, 0.15) is 5.56 Å². The molecule has 1 N–H and O–H groups in total. The van der Waals surface area contributed by atoms with Crippen LogP contribution in [-0.4, -0.2) is 17.1 Å². The van der Waals surface area contributed by atoms with E-state index in [4.69, 9.17) is 16.3 Å². The Morgan fingerprint density at radius 1 is 1.21 bits per heavy atom. The summed E-state index contributed by atoms with van der Waals surface area (Å²) in [5, 5.41) is 0.660. The van der Waals surface area contributed by atoms with Crippen molar-refractivity contribution in [1.29, 1.82) is 0 Å². The molecule has 0 aliphatic heterocycles. The highest BCUT2D eigenvalue weighted by Crippen LogP contribution is 2.25. The number of benzene rings is 2. The molecule has 0 atom stereocenters. The molecule has 3 rings (SSSR count). The monoisotopic (exact) mass is 272 g/mol. The fourth-order valence-electron chi connectivity index (χ4n) is 2.11. The van der Waals surface area contributed by atoms with Crippen molar-refractivity contribution in [3.8, 4) is 11.4 Å². The maximum absolute atomic E-state index is 6.14. The van der Waals surface area contributed by atoms with E-state index in [1.807, 2.05) is 36.4 Å². The molecule has 2 aromatic carbocycles. The Bertz CT molecular complexity index is 721. The summed E-state index contributed by atoms with van der Waals surface area (Å²) in [6, 6.07) is 13.8. The molecule has 0 amide bonds. The van der Waals surface area contributed by atoms with Crippen molar-refractivity contribution in [2.45, 2.75) is 6.61 Å². The third-order valence-electron chi connectivity index (χ3n) is 2.97. The van der Waals surface area contributed by atoms with E-state index >= 15 is 0 Å². The number of hydrogen-bond acceptors (Lipinski definition) is 2. The zero-order valence-corrected chi connectivity index (χ0v) is 11.2. The van der Waals surface area contributed by atoms with Gasteiger partial charge in [0.25, 0.3) is 0 Å². The lowest BCUT2D eigenvalue weighted by Gasteiger charge is -2.01. The Balaban J connectivity index is 2.08. The number of ether oxygens (including phenoxy) is 1. The molecule has 0 aliphatic rings. The number of nitrogens with one attached hydrogen (secondary N) is 1. The number of rotatable bonds is 3. The van der Waals surface area contributed by atoms with E-state index < -0.39 is 0 Å². The van der Waals surface area contributed by atoms with Crippen LogP contribution in [0.2, 0.25) is 5.02 Å². The molecule has 0 radical (unpaired) electrons. The van der Waals surface area contributed by atoms with Gasteiger partial charge in [0.05, 0.1) is 17.1 Å². The number of aromatic nitrogens is 2. The largest absolute Gasteiger partial charge is 0.380 e. The third-order valence-corrected chi connectivity index (χ3v) is 3.28. The number of fused-ring (bicyclic) bond motifs is 1. The Morgan fingerprint density at radius 3 is 2.84 bits per heavy atom. The molecule has 0 fully saturated rings. The molecule has 1 heterocycles. The molecule has 0 aliphatic carbocycles. The number of methoxy groups -OCH3 is 1. The van der Waals surface area contributed by atoms with Gasteiger partial charge in [-0.05, 0) is 23.8 Å². The van der Waals surface area contributed by atoms with Gasteiger partial charge in [-0.1, -0.05) is 35.9 Å². The fourth-order valence-corrected chi connectivity index (χ4v) is 2.33. The SMILES string of the molecule is COCc1cccc(-c2nc3c(Cl)cccc3[nH]2)c1. The molecule has 19 heavy (non-hydrogen) atoms. The second kappa shape index (κ2) is 5.03. The van der Waals surface area contributed by atoms with Crippen molar-refractivity contribution in [2.75, 3.05) is 7.11 Å². The van der Waals surface area contributed by atoms with E-state index in [9.17, 15) is 0 Å². The van der Waals surface area contributed by atoms with Crippen LogP contribution < -0.4 is 0 Å². The van der Waals surface area contributed by atoms with Gasteiger partial charge in [-0.25, -0.2) is 4.98 Å². The first-order valence-electron chi connectivity index (χ1n) is 6.00. The quantitative estimate of drug-likeness (QED) is 0.782. The summed E-state index contributed by atoms with van der Waals surface area (Å²) >= 11 is 6.14. The lowest BCUT2D eigenvalue weighted by molar-refractivity contribution is 0.185. The van der Waals surface area contributed by atoms with Crippen LogP contribution in [0, 0.1) is 0 Å². The van der Waals surface area contributed by atoms with E-state index in [0.29, 0.717) is 11.6 Å². The van der Waals surface area contributed by atoms with Crippen LogP contribution in [0.25, 0.3) is 22.4 Å². The van der Waals surface area contributed by atoms with Gasteiger partial charge in [0.2, 0.25) is 0 Å². The van der Waals surface area contributed by atoms with Gasteiger partial charge in [-0.2, -0.15) is 0 Å². The van der Waals surface area contributed by atoms with Crippen LogP contribution in [0.4, 0.5) is 0 Å². The topological polar surface area (TPSA) is 37.9 Å².